The highest BCUT2D eigenvalue weighted by Crippen LogP contribution is 2.51. The first-order valence-electron chi connectivity index (χ1n) is 3.18. The van der Waals surface area contributed by atoms with E-state index < -0.39 is 18.9 Å². The van der Waals surface area contributed by atoms with Crippen molar-refractivity contribution in [1.82, 2.24) is 0 Å². The second-order valence-electron chi connectivity index (χ2n) is 2.27. The number of hydrogen-bond donors (Lipinski definition) is 3. The van der Waals surface area contributed by atoms with Crippen molar-refractivity contribution in [3.8, 4) is 0 Å². The van der Waals surface area contributed by atoms with Gasteiger partial charge in [-0.15, -0.1) is 0 Å². The van der Waals surface area contributed by atoms with Crippen molar-refractivity contribution in [3.05, 3.63) is 0 Å². The van der Waals surface area contributed by atoms with E-state index in [9.17, 15) is 9.36 Å². The number of carbonyl (C=O) groups is 1. The van der Waals surface area contributed by atoms with Crippen molar-refractivity contribution in [2.75, 3.05) is 6.61 Å². The lowest BCUT2D eigenvalue weighted by Gasteiger charge is -2.24. The normalized spacial score (nSPS) is 17.0. The molecule has 1 atom stereocenters. The highest BCUT2D eigenvalue weighted by Gasteiger charge is 2.50. The number of ether oxygens (including phenoxy) is 1. The third kappa shape index (κ3) is 2.04. The molecule has 0 aromatic heterocycles. The van der Waals surface area contributed by atoms with Gasteiger partial charge in [-0.05, 0) is 13.8 Å². The van der Waals surface area contributed by atoms with Crippen LogP contribution >= 0.6 is 7.60 Å². The maximum absolute atomic E-state index is 10.7. The number of aliphatic carboxylic acids is 1. The molecule has 6 nitrogen and oxygen atoms in total. The van der Waals surface area contributed by atoms with Crippen LogP contribution in [0, 0.1) is 0 Å². The van der Waals surface area contributed by atoms with Crippen LogP contribution < -0.4 is 0 Å². The lowest BCUT2D eigenvalue weighted by Crippen LogP contribution is -2.38. The van der Waals surface area contributed by atoms with Crippen LogP contribution in [0.1, 0.15) is 13.8 Å². The first kappa shape index (κ1) is 11.6. The maximum Gasteiger partial charge on any atom is 0.368 e. The van der Waals surface area contributed by atoms with E-state index >= 15 is 0 Å². The summed E-state index contributed by atoms with van der Waals surface area (Å²) in [5.41, 5.74) is 0. The number of carboxylic acid groups (broad SMARTS) is 1. The fourth-order valence-electron chi connectivity index (χ4n) is 0.551. The molecule has 0 rings (SSSR count). The summed E-state index contributed by atoms with van der Waals surface area (Å²) < 4.78 is 15.2. The van der Waals surface area contributed by atoms with E-state index in [2.05, 4.69) is 4.74 Å². The van der Waals surface area contributed by atoms with E-state index in [-0.39, 0.29) is 6.61 Å². The molecule has 0 heterocycles. The Balaban J connectivity index is 4.88. The molecule has 0 bridgehead atoms. The number of hydrogen-bond acceptors (Lipinski definition) is 3. The monoisotopic (exact) mass is 198 g/mol. The molecule has 0 aliphatic heterocycles. The fraction of sp³-hybridized carbons (Fsp3) is 0.800. The molecule has 0 aliphatic carbocycles. The number of rotatable bonds is 4. The summed E-state index contributed by atoms with van der Waals surface area (Å²) in [5, 5.41) is 6.05. The highest BCUT2D eigenvalue weighted by molar-refractivity contribution is 7.54. The molecule has 1 unspecified atom stereocenters. The lowest BCUT2D eigenvalue weighted by molar-refractivity contribution is -0.154. The molecular formula is C5H11O6P. The van der Waals surface area contributed by atoms with Gasteiger partial charge in [0.15, 0.2) is 0 Å². The first-order valence-corrected chi connectivity index (χ1v) is 4.80. The van der Waals surface area contributed by atoms with Gasteiger partial charge in [-0.3, -0.25) is 4.57 Å². The van der Waals surface area contributed by atoms with Gasteiger partial charge >= 0.3 is 13.6 Å². The van der Waals surface area contributed by atoms with Crippen LogP contribution in [0.25, 0.3) is 0 Å². The fourth-order valence-corrected chi connectivity index (χ4v) is 1.10. The van der Waals surface area contributed by atoms with Gasteiger partial charge in [0.2, 0.25) is 0 Å². The molecule has 0 saturated carbocycles. The van der Waals surface area contributed by atoms with Gasteiger partial charge in [-0.1, -0.05) is 0 Å². The molecule has 72 valence electrons. The predicted octanol–water partition coefficient (Wildman–Crippen LogP) is 0.00140. The molecule has 0 aliphatic rings. The summed E-state index contributed by atoms with van der Waals surface area (Å²) in [6.45, 7) is 2.23. The highest BCUT2D eigenvalue weighted by atomic mass is 31.2. The zero-order chi connectivity index (χ0) is 9.99. The quantitative estimate of drug-likeness (QED) is 0.549. The molecule has 0 spiro atoms. The van der Waals surface area contributed by atoms with Crippen molar-refractivity contribution < 1.29 is 29.0 Å². The Morgan fingerprint density at radius 2 is 2.00 bits per heavy atom. The molecule has 0 amide bonds. The lowest BCUT2D eigenvalue weighted by atomic mass is 10.4. The molecule has 12 heavy (non-hydrogen) atoms. The zero-order valence-corrected chi connectivity index (χ0v) is 7.62. The van der Waals surface area contributed by atoms with Crippen LogP contribution in [0.3, 0.4) is 0 Å². The van der Waals surface area contributed by atoms with E-state index in [4.69, 9.17) is 14.9 Å². The molecule has 0 aromatic carbocycles. The zero-order valence-electron chi connectivity index (χ0n) is 6.72. The van der Waals surface area contributed by atoms with Gasteiger partial charge in [0.25, 0.3) is 5.34 Å². The van der Waals surface area contributed by atoms with E-state index in [1.165, 1.54) is 6.92 Å². The van der Waals surface area contributed by atoms with E-state index in [1.807, 2.05) is 0 Å². The van der Waals surface area contributed by atoms with Crippen molar-refractivity contribution in [1.29, 1.82) is 0 Å². The Kier molecular flexibility index (Phi) is 3.41. The van der Waals surface area contributed by atoms with Crippen LogP contribution in [-0.4, -0.2) is 32.8 Å². The van der Waals surface area contributed by atoms with Gasteiger partial charge < -0.3 is 19.6 Å². The van der Waals surface area contributed by atoms with Crippen LogP contribution in [0.15, 0.2) is 0 Å². The Bertz CT molecular complexity index is 220. The Morgan fingerprint density at radius 3 is 2.08 bits per heavy atom. The van der Waals surface area contributed by atoms with Gasteiger partial charge in [-0.25, -0.2) is 4.79 Å². The summed E-state index contributed by atoms with van der Waals surface area (Å²) in [7, 11) is -4.78. The van der Waals surface area contributed by atoms with E-state index in [1.54, 1.807) is 0 Å². The second-order valence-corrected chi connectivity index (χ2v) is 4.21. The second kappa shape index (κ2) is 3.53. The Hall–Kier alpha value is -0.420. The summed E-state index contributed by atoms with van der Waals surface area (Å²) in [6, 6.07) is 0. The molecule has 7 heteroatoms. The average Bonchev–Trinajstić information content (AvgIpc) is 1.85. The van der Waals surface area contributed by atoms with Crippen molar-refractivity contribution >= 4 is 13.6 Å². The summed E-state index contributed by atoms with van der Waals surface area (Å²) in [5.74, 6) is -1.67. The minimum atomic E-state index is -4.78. The summed E-state index contributed by atoms with van der Waals surface area (Å²) in [4.78, 5) is 27.7. The Morgan fingerprint density at radius 1 is 1.58 bits per heavy atom. The molecule has 0 aromatic rings. The maximum atomic E-state index is 10.7. The van der Waals surface area contributed by atoms with Crippen molar-refractivity contribution in [2.24, 2.45) is 0 Å². The third-order valence-corrected chi connectivity index (χ3v) is 2.81. The summed E-state index contributed by atoms with van der Waals surface area (Å²) >= 11 is 0. The van der Waals surface area contributed by atoms with Gasteiger partial charge in [0, 0.05) is 6.61 Å². The average molecular weight is 198 g/mol. The van der Waals surface area contributed by atoms with Crippen molar-refractivity contribution in [3.63, 3.8) is 0 Å². The largest absolute Gasteiger partial charge is 0.479 e. The predicted molar refractivity (Wildman–Crippen MR) is 39.7 cm³/mol. The standard InChI is InChI=1S/C5H11O6P/c1-3-11-5(2,4(6)7)12(8,9)10/h3H2,1-2H3,(H,6,7)(H2,8,9,10). The Labute approximate surface area is 69.3 Å². The van der Waals surface area contributed by atoms with Crippen LogP contribution in [-0.2, 0) is 14.1 Å². The van der Waals surface area contributed by atoms with Crippen molar-refractivity contribution in [2.45, 2.75) is 19.2 Å². The number of carboxylic acids is 1. The minimum Gasteiger partial charge on any atom is -0.479 e. The smallest absolute Gasteiger partial charge is 0.368 e. The molecule has 3 N–H and O–H groups in total. The third-order valence-electron chi connectivity index (χ3n) is 1.38. The molecule has 0 saturated heterocycles. The van der Waals surface area contributed by atoms with Gasteiger partial charge in [-0.2, -0.15) is 0 Å². The van der Waals surface area contributed by atoms with Crippen LogP contribution in [0.4, 0.5) is 0 Å². The van der Waals surface area contributed by atoms with E-state index in [0.29, 0.717) is 0 Å². The SMILES string of the molecule is CCOC(C)(C(=O)O)P(=O)(O)O. The topological polar surface area (TPSA) is 104 Å². The molecule has 0 fully saturated rings. The first-order chi connectivity index (χ1) is 5.25. The van der Waals surface area contributed by atoms with E-state index in [0.717, 1.165) is 6.92 Å². The van der Waals surface area contributed by atoms with Crippen LogP contribution in [0.2, 0.25) is 0 Å². The molecular weight excluding hydrogens is 187 g/mol. The summed E-state index contributed by atoms with van der Waals surface area (Å²) in [6.07, 6.45) is 0. The van der Waals surface area contributed by atoms with Gasteiger partial charge in [0.1, 0.15) is 0 Å². The van der Waals surface area contributed by atoms with Crippen LogP contribution in [0.5, 0.6) is 0 Å². The minimum absolute atomic E-state index is 0.0755. The van der Waals surface area contributed by atoms with Gasteiger partial charge in [0.05, 0.1) is 0 Å². The molecule has 0 radical (unpaired) electrons.